The van der Waals surface area contributed by atoms with E-state index in [1.165, 1.54) is 11.6 Å². The first kappa shape index (κ1) is 17.7. The minimum Gasteiger partial charge on any atom is -0.484 e. The van der Waals surface area contributed by atoms with Crippen LogP contribution in [-0.4, -0.2) is 12.5 Å². The van der Waals surface area contributed by atoms with Gasteiger partial charge >= 0.3 is 5.63 Å². The average Bonchev–Trinajstić information content (AvgIpc) is 2.66. The molecule has 0 bridgehead atoms. The van der Waals surface area contributed by atoms with Gasteiger partial charge in [-0.3, -0.25) is 4.79 Å². The van der Waals surface area contributed by atoms with Crippen LogP contribution in [-0.2, 0) is 11.2 Å². The number of amides is 1. The van der Waals surface area contributed by atoms with Gasteiger partial charge in [0.1, 0.15) is 11.3 Å². The van der Waals surface area contributed by atoms with Crippen LogP contribution in [0.15, 0.2) is 63.8 Å². The predicted octanol–water partition coefficient (Wildman–Crippen LogP) is 3.61. The van der Waals surface area contributed by atoms with Crippen molar-refractivity contribution in [3.8, 4) is 5.75 Å². The van der Waals surface area contributed by atoms with Gasteiger partial charge in [0.2, 0.25) is 0 Å². The van der Waals surface area contributed by atoms with Crippen LogP contribution >= 0.6 is 0 Å². The molecule has 1 heterocycles. The van der Waals surface area contributed by atoms with Gasteiger partial charge in [-0.15, -0.1) is 0 Å². The summed E-state index contributed by atoms with van der Waals surface area (Å²) < 4.78 is 10.6. The first-order chi connectivity index (χ1) is 12.5. The highest BCUT2D eigenvalue weighted by molar-refractivity contribution is 5.79. The smallest absolute Gasteiger partial charge is 0.336 e. The SMILES string of the molecule is CCc1ccc(C(C)NC(=O)COc2ccc3ccc(=O)oc3c2)cc1. The van der Waals surface area contributed by atoms with E-state index in [0.29, 0.717) is 11.3 Å². The van der Waals surface area contributed by atoms with Gasteiger partial charge in [-0.2, -0.15) is 0 Å². The molecule has 2 aromatic carbocycles. The third kappa shape index (κ3) is 4.30. The molecule has 0 aliphatic rings. The zero-order valence-electron chi connectivity index (χ0n) is 14.8. The van der Waals surface area contributed by atoms with Crippen LogP contribution in [0.1, 0.15) is 31.0 Å². The molecule has 134 valence electrons. The summed E-state index contributed by atoms with van der Waals surface area (Å²) in [5.41, 5.74) is 2.32. The fourth-order valence-corrected chi connectivity index (χ4v) is 2.69. The van der Waals surface area contributed by atoms with Gasteiger partial charge < -0.3 is 14.5 Å². The van der Waals surface area contributed by atoms with Crippen molar-refractivity contribution in [3.05, 3.63) is 76.1 Å². The Hall–Kier alpha value is -3.08. The first-order valence-corrected chi connectivity index (χ1v) is 8.60. The normalized spacial score (nSPS) is 11.9. The molecular weight excluding hydrogens is 330 g/mol. The van der Waals surface area contributed by atoms with E-state index in [1.807, 2.05) is 19.1 Å². The van der Waals surface area contributed by atoms with Crippen molar-refractivity contribution >= 4 is 16.9 Å². The number of carbonyl (C=O) groups excluding carboxylic acids is 1. The van der Waals surface area contributed by atoms with E-state index in [1.54, 1.807) is 24.3 Å². The number of hydrogen-bond acceptors (Lipinski definition) is 4. The Labute approximate surface area is 151 Å². The number of aryl methyl sites for hydroxylation is 1. The molecule has 0 aliphatic carbocycles. The van der Waals surface area contributed by atoms with Crippen molar-refractivity contribution in [2.45, 2.75) is 26.3 Å². The summed E-state index contributed by atoms with van der Waals surface area (Å²) in [5.74, 6) is 0.258. The molecular formula is C21H21NO4. The summed E-state index contributed by atoms with van der Waals surface area (Å²) in [6.07, 6.45) is 0.987. The van der Waals surface area contributed by atoms with E-state index in [2.05, 4.69) is 24.4 Å². The highest BCUT2D eigenvalue weighted by atomic mass is 16.5. The Morgan fingerprint density at radius 2 is 1.85 bits per heavy atom. The molecule has 3 aromatic rings. The molecule has 0 spiro atoms. The van der Waals surface area contributed by atoms with E-state index in [0.717, 1.165) is 17.4 Å². The van der Waals surface area contributed by atoms with Crippen LogP contribution < -0.4 is 15.7 Å². The molecule has 0 saturated carbocycles. The maximum Gasteiger partial charge on any atom is 0.336 e. The lowest BCUT2D eigenvalue weighted by atomic mass is 10.1. The van der Waals surface area contributed by atoms with Gasteiger partial charge in [-0.05, 0) is 42.7 Å². The number of nitrogens with one attached hydrogen (secondary N) is 1. The van der Waals surface area contributed by atoms with Gasteiger partial charge in [-0.25, -0.2) is 4.79 Å². The Balaban J connectivity index is 1.58. The zero-order valence-corrected chi connectivity index (χ0v) is 14.8. The molecule has 1 aromatic heterocycles. The lowest BCUT2D eigenvalue weighted by Gasteiger charge is -2.15. The van der Waals surface area contributed by atoms with E-state index in [-0.39, 0.29) is 18.6 Å². The van der Waals surface area contributed by atoms with E-state index in [9.17, 15) is 9.59 Å². The lowest BCUT2D eigenvalue weighted by molar-refractivity contribution is -0.123. The topological polar surface area (TPSA) is 68.5 Å². The number of rotatable bonds is 6. The quantitative estimate of drug-likeness (QED) is 0.689. The lowest BCUT2D eigenvalue weighted by Crippen LogP contribution is -2.31. The average molecular weight is 351 g/mol. The first-order valence-electron chi connectivity index (χ1n) is 8.60. The molecule has 3 rings (SSSR count). The maximum atomic E-state index is 12.1. The second kappa shape index (κ2) is 7.87. The molecule has 0 saturated heterocycles. The standard InChI is InChI=1S/C21H21NO4/c1-3-15-4-6-16(7-5-15)14(2)22-20(23)13-25-18-10-8-17-9-11-21(24)26-19(17)12-18/h4-12,14H,3,13H2,1-2H3,(H,22,23). The Morgan fingerprint density at radius 3 is 2.58 bits per heavy atom. The summed E-state index contributed by atoms with van der Waals surface area (Å²) in [6, 6.07) is 16.3. The molecule has 1 N–H and O–H groups in total. The fourth-order valence-electron chi connectivity index (χ4n) is 2.69. The monoisotopic (exact) mass is 351 g/mol. The summed E-state index contributed by atoms with van der Waals surface area (Å²) in [6.45, 7) is 3.93. The van der Waals surface area contributed by atoms with E-state index < -0.39 is 5.63 Å². The van der Waals surface area contributed by atoms with E-state index in [4.69, 9.17) is 9.15 Å². The van der Waals surface area contributed by atoms with Crippen molar-refractivity contribution in [1.29, 1.82) is 0 Å². The largest absolute Gasteiger partial charge is 0.484 e. The van der Waals surface area contributed by atoms with Gasteiger partial charge in [0.25, 0.3) is 5.91 Å². The third-order valence-corrected chi connectivity index (χ3v) is 4.23. The van der Waals surface area contributed by atoms with Crippen LogP contribution in [0.2, 0.25) is 0 Å². The second-order valence-electron chi connectivity index (χ2n) is 6.13. The number of hydrogen-bond donors (Lipinski definition) is 1. The minimum absolute atomic E-state index is 0.105. The van der Waals surface area contributed by atoms with Crippen molar-refractivity contribution in [2.24, 2.45) is 0 Å². The Morgan fingerprint density at radius 1 is 1.12 bits per heavy atom. The number of benzene rings is 2. The predicted molar refractivity (Wildman–Crippen MR) is 100 cm³/mol. The molecule has 0 aliphatic heterocycles. The highest BCUT2D eigenvalue weighted by Gasteiger charge is 2.10. The fraction of sp³-hybridized carbons (Fsp3) is 0.238. The number of carbonyl (C=O) groups is 1. The van der Waals surface area contributed by atoms with Crippen LogP contribution in [0.3, 0.4) is 0 Å². The molecule has 1 atom stereocenters. The maximum absolute atomic E-state index is 12.1. The van der Waals surface area contributed by atoms with Crippen molar-refractivity contribution in [3.63, 3.8) is 0 Å². The number of fused-ring (bicyclic) bond motifs is 1. The summed E-state index contributed by atoms with van der Waals surface area (Å²) in [4.78, 5) is 23.4. The molecule has 1 amide bonds. The molecule has 26 heavy (non-hydrogen) atoms. The molecule has 5 nitrogen and oxygen atoms in total. The van der Waals surface area contributed by atoms with Crippen molar-refractivity contribution in [2.75, 3.05) is 6.61 Å². The third-order valence-electron chi connectivity index (χ3n) is 4.23. The van der Waals surface area contributed by atoms with E-state index >= 15 is 0 Å². The molecule has 1 unspecified atom stereocenters. The van der Waals surface area contributed by atoms with Crippen LogP contribution in [0.4, 0.5) is 0 Å². The minimum atomic E-state index is -0.421. The van der Waals surface area contributed by atoms with Gasteiger partial charge in [0.15, 0.2) is 6.61 Å². The van der Waals surface area contributed by atoms with Gasteiger partial charge in [0.05, 0.1) is 6.04 Å². The second-order valence-corrected chi connectivity index (χ2v) is 6.13. The number of ether oxygens (including phenoxy) is 1. The summed E-state index contributed by atoms with van der Waals surface area (Å²) in [7, 11) is 0. The molecule has 5 heteroatoms. The van der Waals surface area contributed by atoms with Crippen LogP contribution in [0, 0.1) is 0 Å². The highest BCUT2D eigenvalue weighted by Crippen LogP contribution is 2.19. The molecule has 0 fully saturated rings. The Kier molecular flexibility index (Phi) is 5.37. The van der Waals surface area contributed by atoms with Crippen LogP contribution in [0.5, 0.6) is 5.75 Å². The van der Waals surface area contributed by atoms with Crippen molar-refractivity contribution < 1.29 is 13.9 Å². The van der Waals surface area contributed by atoms with Gasteiger partial charge in [0, 0.05) is 17.5 Å². The zero-order chi connectivity index (χ0) is 18.5. The summed E-state index contributed by atoms with van der Waals surface area (Å²) >= 11 is 0. The Bertz CT molecular complexity index is 960. The summed E-state index contributed by atoms with van der Waals surface area (Å²) in [5, 5.41) is 3.71. The molecule has 0 radical (unpaired) electrons. The van der Waals surface area contributed by atoms with Crippen LogP contribution in [0.25, 0.3) is 11.0 Å². The van der Waals surface area contributed by atoms with Crippen molar-refractivity contribution in [1.82, 2.24) is 5.32 Å². The van der Waals surface area contributed by atoms with Gasteiger partial charge in [-0.1, -0.05) is 31.2 Å².